The first-order chi connectivity index (χ1) is 18.3. The Kier molecular flexibility index (Phi) is 7.40. The van der Waals surface area contributed by atoms with Crippen molar-refractivity contribution in [2.24, 2.45) is 0 Å². The van der Waals surface area contributed by atoms with Crippen LogP contribution in [-0.4, -0.2) is 101 Å². The molecule has 3 saturated heterocycles. The van der Waals surface area contributed by atoms with Crippen LogP contribution in [0.25, 0.3) is 0 Å². The minimum absolute atomic E-state index is 0.0146. The smallest absolute Gasteiger partial charge is 0.256 e. The van der Waals surface area contributed by atoms with E-state index in [1.807, 2.05) is 6.07 Å². The molecule has 1 spiro atoms. The van der Waals surface area contributed by atoms with E-state index in [9.17, 15) is 19.2 Å². The van der Waals surface area contributed by atoms with Crippen LogP contribution >= 0.6 is 11.6 Å². The molecule has 3 aliphatic heterocycles. The van der Waals surface area contributed by atoms with Crippen LogP contribution in [0.3, 0.4) is 0 Å². The molecular formula is C28H31ClN4O5. The molecule has 0 radical (unpaired) electrons. The highest BCUT2D eigenvalue weighted by Gasteiger charge is 2.55. The zero-order valence-corrected chi connectivity index (χ0v) is 22.1. The van der Waals surface area contributed by atoms with E-state index in [1.165, 1.54) is 6.92 Å². The Labute approximate surface area is 226 Å². The van der Waals surface area contributed by atoms with E-state index in [4.69, 9.17) is 16.3 Å². The molecule has 0 bridgehead atoms. The largest absolute Gasteiger partial charge is 0.353 e. The highest BCUT2D eigenvalue weighted by molar-refractivity contribution is 6.33. The molecule has 0 saturated carbocycles. The van der Waals surface area contributed by atoms with Crippen molar-refractivity contribution in [3.8, 4) is 0 Å². The maximum Gasteiger partial charge on any atom is 0.256 e. The summed E-state index contributed by atoms with van der Waals surface area (Å²) in [7, 11) is 0. The van der Waals surface area contributed by atoms with Crippen molar-refractivity contribution in [1.29, 1.82) is 0 Å². The van der Waals surface area contributed by atoms with Crippen molar-refractivity contribution in [2.45, 2.75) is 31.5 Å². The van der Waals surface area contributed by atoms with Gasteiger partial charge in [0.2, 0.25) is 11.8 Å². The second-order valence-corrected chi connectivity index (χ2v) is 10.3. The van der Waals surface area contributed by atoms with Crippen LogP contribution in [0.2, 0.25) is 5.02 Å². The van der Waals surface area contributed by atoms with Gasteiger partial charge in [-0.2, -0.15) is 0 Å². The minimum Gasteiger partial charge on any atom is -0.353 e. The third kappa shape index (κ3) is 4.88. The average Bonchev–Trinajstić information content (AvgIpc) is 3.31. The molecule has 3 aliphatic rings. The van der Waals surface area contributed by atoms with E-state index in [0.717, 1.165) is 0 Å². The maximum atomic E-state index is 13.9. The molecule has 4 amide bonds. The Morgan fingerprint density at radius 3 is 2.03 bits per heavy atom. The Morgan fingerprint density at radius 2 is 1.39 bits per heavy atom. The zero-order chi connectivity index (χ0) is 26.9. The van der Waals surface area contributed by atoms with E-state index in [-0.39, 0.29) is 30.2 Å². The molecule has 1 unspecified atom stereocenters. The van der Waals surface area contributed by atoms with E-state index in [0.29, 0.717) is 68.3 Å². The molecule has 5 rings (SSSR count). The van der Waals surface area contributed by atoms with Crippen LogP contribution in [-0.2, 0) is 14.3 Å². The van der Waals surface area contributed by atoms with E-state index >= 15 is 0 Å². The molecular weight excluding hydrogens is 508 g/mol. The van der Waals surface area contributed by atoms with Crippen molar-refractivity contribution < 1.29 is 23.9 Å². The molecule has 0 aliphatic carbocycles. The number of piperidine rings is 1. The number of halogens is 1. The zero-order valence-electron chi connectivity index (χ0n) is 21.3. The molecule has 3 fully saturated rings. The molecule has 0 aromatic heterocycles. The Hall–Kier alpha value is -3.43. The average molecular weight is 539 g/mol. The number of ether oxygens (including phenoxy) is 1. The van der Waals surface area contributed by atoms with Gasteiger partial charge < -0.3 is 19.4 Å². The Bertz CT molecular complexity index is 1220. The quantitative estimate of drug-likeness (QED) is 0.599. The SMILES string of the molecule is CC(=O)N1CCN(C(=O)C2COC3(CCN(C(=O)c4ccccc4Cl)CC3)N2C(=O)c2ccccc2)CC1. The second kappa shape index (κ2) is 10.7. The fourth-order valence-electron chi connectivity index (χ4n) is 5.59. The lowest BCUT2D eigenvalue weighted by Crippen LogP contribution is -2.61. The van der Waals surface area contributed by atoms with Crippen molar-refractivity contribution in [3.05, 3.63) is 70.7 Å². The summed E-state index contributed by atoms with van der Waals surface area (Å²) in [5, 5.41) is 0.395. The van der Waals surface area contributed by atoms with Crippen LogP contribution < -0.4 is 0 Å². The van der Waals surface area contributed by atoms with Gasteiger partial charge in [0.05, 0.1) is 17.2 Å². The van der Waals surface area contributed by atoms with Gasteiger partial charge in [-0.15, -0.1) is 0 Å². The summed E-state index contributed by atoms with van der Waals surface area (Å²) >= 11 is 6.26. The number of carbonyl (C=O) groups excluding carboxylic acids is 4. The van der Waals surface area contributed by atoms with Crippen LogP contribution in [0, 0.1) is 0 Å². The van der Waals surface area contributed by atoms with E-state index in [2.05, 4.69) is 0 Å². The van der Waals surface area contributed by atoms with Crippen LogP contribution in [0.5, 0.6) is 0 Å². The van der Waals surface area contributed by atoms with Crippen molar-refractivity contribution in [3.63, 3.8) is 0 Å². The van der Waals surface area contributed by atoms with Crippen molar-refractivity contribution in [1.82, 2.24) is 19.6 Å². The number of amides is 4. The molecule has 1 atom stereocenters. The highest BCUT2D eigenvalue weighted by atomic mass is 35.5. The molecule has 10 heteroatoms. The van der Waals surface area contributed by atoms with Gasteiger partial charge in [0.1, 0.15) is 11.8 Å². The Morgan fingerprint density at radius 1 is 0.789 bits per heavy atom. The number of carbonyl (C=O) groups is 4. The molecule has 0 N–H and O–H groups in total. The van der Waals surface area contributed by atoms with Gasteiger partial charge in [-0.25, -0.2) is 0 Å². The summed E-state index contributed by atoms with van der Waals surface area (Å²) in [5.74, 6) is -0.627. The first-order valence-electron chi connectivity index (χ1n) is 12.9. The molecule has 9 nitrogen and oxygen atoms in total. The standard InChI is InChI=1S/C28H31ClN4O5/c1-20(34)30-15-17-32(18-16-30)27(37)24-19-38-28(33(24)25(35)21-7-3-2-4-8-21)11-13-31(14-12-28)26(36)22-9-5-6-10-23(22)29/h2-10,24H,11-19H2,1H3. The molecule has 38 heavy (non-hydrogen) atoms. The molecule has 2 aromatic carbocycles. The number of piperazine rings is 1. The molecule has 2 aromatic rings. The predicted molar refractivity (Wildman–Crippen MR) is 141 cm³/mol. The summed E-state index contributed by atoms with van der Waals surface area (Å²) in [6.07, 6.45) is 0.757. The second-order valence-electron chi connectivity index (χ2n) is 9.92. The van der Waals surface area contributed by atoms with Crippen molar-refractivity contribution in [2.75, 3.05) is 45.9 Å². The number of likely N-dealkylation sites (tertiary alicyclic amines) is 1. The summed E-state index contributed by atoms with van der Waals surface area (Å²) in [4.78, 5) is 59.2. The van der Waals surface area contributed by atoms with Crippen LogP contribution in [0.4, 0.5) is 0 Å². The monoisotopic (exact) mass is 538 g/mol. The lowest BCUT2D eigenvalue weighted by Gasteiger charge is -2.45. The minimum atomic E-state index is -0.994. The summed E-state index contributed by atoms with van der Waals surface area (Å²) < 4.78 is 6.31. The number of nitrogens with zero attached hydrogens (tertiary/aromatic N) is 4. The van der Waals surface area contributed by atoms with Gasteiger partial charge >= 0.3 is 0 Å². The highest BCUT2D eigenvalue weighted by Crippen LogP contribution is 2.39. The maximum absolute atomic E-state index is 13.9. The third-order valence-electron chi connectivity index (χ3n) is 7.76. The Balaban J connectivity index is 1.37. The van der Waals surface area contributed by atoms with Gasteiger partial charge in [-0.1, -0.05) is 41.9 Å². The number of rotatable bonds is 3. The van der Waals surface area contributed by atoms with E-state index < -0.39 is 11.8 Å². The normalized spacial score (nSPS) is 21.1. The van der Waals surface area contributed by atoms with Gasteiger partial charge in [0.15, 0.2) is 0 Å². The molecule has 200 valence electrons. The van der Waals surface area contributed by atoms with Gasteiger partial charge in [0, 0.05) is 64.6 Å². The van der Waals surface area contributed by atoms with Crippen LogP contribution in [0.1, 0.15) is 40.5 Å². The number of hydrogen-bond acceptors (Lipinski definition) is 5. The summed E-state index contributed by atoms with van der Waals surface area (Å²) in [6, 6.07) is 15.0. The topological polar surface area (TPSA) is 90.5 Å². The van der Waals surface area contributed by atoms with Crippen molar-refractivity contribution >= 4 is 35.2 Å². The van der Waals surface area contributed by atoms with Gasteiger partial charge in [-0.05, 0) is 24.3 Å². The number of benzene rings is 2. The predicted octanol–water partition coefficient (Wildman–Crippen LogP) is 2.50. The summed E-state index contributed by atoms with van der Waals surface area (Å²) in [5.41, 5.74) is -0.0790. The fraction of sp³-hybridized carbons (Fsp3) is 0.429. The molecule has 3 heterocycles. The fourth-order valence-corrected chi connectivity index (χ4v) is 5.81. The lowest BCUT2D eigenvalue weighted by molar-refractivity contribution is -0.142. The van der Waals surface area contributed by atoms with Crippen LogP contribution in [0.15, 0.2) is 54.6 Å². The van der Waals surface area contributed by atoms with E-state index in [1.54, 1.807) is 68.1 Å². The third-order valence-corrected chi connectivity index (χ3v) is 8.09. The lowest BCUT2D eigenvalue weighted by atomic mass is 9.96. The first kappa shape index (κ1) is 26.2. The first-order valence-corrected chi connectivity index (χ1v) is 13.3. The van der Waals surface area contributed by atoms with Gasteiger partial charge in [-0.3, -0.25) is 24.1 Å². The number of hydrogen-bond donors (Lipinski definition) is 0. The van der Waals surface area contributed by atoms with Gasteiger partial charge in [0.25, 0.3) is 11.8 Å². The summed E-state index contributed by atoms with van der Waals surface area (Å²) in [6.45, 7) is 4.08.